The first kappa shape index (κ1) is 13.7. The number of hydrogen-bond acceptors (Lipinski definition) is 4. The molecule has 1 amide bonds. The second-order valence-electron chi connectivity index (χ2n) is 4.80. The van der Waals surface area contributed by atoms with Crippen molar-refractivity contribution in [3.05, 3.63) is 41.8 Å². The normalized spacial score (nSPS) is 16.0. The van der Waals surface area contributed by atoms with E-state index in [4.69, 9.17) is 4.42 Å². The van der Waals surface area contributed by atoms with Gasteiger partial charge in [0.05, 0.1) is 12.2 Å². The van der Waals surface area contributed by atoms with Gasteiger partial charge in [-0.15, -0.1) is 0 Å². The van der Waals surface area contributed by atoms with E-state index < -0.39 is 11.6 Å². The predicted molar refractivity (Wildman–Crippen MR) is 70.1 cm³/mol. The van der Waals surface area contributed by atoms with Gasteiger partial charge >= 0.3 is 0 Å². The third-order valence-corrected chi connectivity index (χ3v) is 3.23. The van der Waals surface area contributed by atoms with Crippen LogP contribution >= 0.6 is 0 Å². The summed E-state index contributed by atoms with van der Waals surface area (Å²) in [5, 5.41) is 2.72. The first-order valence-corrected chi connectivity index (χ1v) is 6.51. The van der Waals surface area contributed by atoms with Crippen molar-refractivity contribution >= 4 is 5.91 Å². The highest BCUT2D eigenvalue weighted by Crippen LogP contribution is 2.25. The monoisotopic (exact) mass is 293 g/mol. The van der Waals surface area contributed by atoms with Crippen molar-refractivity contribution in [2.45, 2.75) is 6.54 Å². The molecule has 2 aromatic rings. The number of amides is 1. The number of carbonyl (C=O) groups excluding carboxylic acids is 1. The Balaban J connectivity index is 1.79. The van der Waals surface area contributed by atoms with E-state index in [2.05, 4.69) is 10.3 Å². The van der Waals surface area contributed by atoms with Gasteiger partial charge in [0.1, 0.15) is 23.5 Å². The number of benzene rings is 1. The molecule has 0 radical (unpaired) electrons. The van der Waals surface area contributed by atoms with Crippen LogP contribution in [0.25, 0.3) is 11.5 Å². The van der Waals surface area contributed by atoms with E-state index in [1.54, 1.807) is 0 Å². The Kier molecular flexibility index (Phi) is 3.66. The molecule has 7 heteroatoms. The Morgan fingerprint density at radius 3 is 2.81 bits per heavy atom. The molecule has 110 valence electrons. The van der Waals surface area contributed by atoms with Crippen LogP contribution in [0, 0.1) is 11.6 Å². The van der Waals surface area contributed by atoms with Crippen LogP contribution in [0.4, 0.5) is 8.78 Å². The van der Waals surface area contributed by atoms with Crippen molar-refractivity contribution in [1.29, 1.82) is 0 Å². The van der Waals surface area contributed by atoms with Crippen molar-refractivity contribution in [2.75, 3.05) is 19.6 Å². The van der Waals surface area contributed by atoms with Gasteiger partial charge in [0.25, 0.3) is 0 Å². The summed E-state index contributed by atoms with van der Waals surface area (Å²) < 4.78 is 32.5. The fourth-order valence-corrected chi connectivity index (χ4v) is 2.25. The number of oxazole rings is 1. The summed E-state index contributed by atoms with van der Waals surface area (Å²) in [6.45, 7) is 1.94. The molecule has 1 fully saturated rings. The number of carbonyl (C=O) groups is 1. The van der Waals surface area contributed by atoms with E-state index in [9.17, 15) is 13.6 Å². The first-order valence-electron chi connectivity index (χ1n) is 6.51. The minimum atomic E-state index is -0.722. The van der Waals surface area contributed by atoms with Crippen molar-refractivity contribution in [3.63, 3.8) is 0 Å². The average Bonchev–Trinajstić information content (AvgIpc) is 2.87. The van der Waals surface area contributed by atoms with Crippen LogP contribution in [0.1, 0.15) is 5.69 Å². The molecule has 0 atom stereocenters. The van der Waals surface area contributed by atoms with Crippen LogP contribution in [0.2, 0.25) is 0 Å². The summed E-state index contributed by atoms with van der Waals surface area (Å²) in [5.41, 5.74) is 0.252. The Labute approximate surface area is 119 Å². The number of piperazine rings is 1. The Hall–Kier alpha value is -2.28. The molecule has 3 rings (SSSR count). The van der Waals surface area contributed by atoms with E-state index in [1.165, 1.54) is 12.3 Å². The zero-order chi connectivity index (χ0) is 14.8. The van der Waals surface area contributed by atoms with E-state index in [1.807, 2.05) is 4.90 Å². The molecule has 1 aliphatic rings. The maximum atomic E-state index is 13.7. The number of halogens is 2. The quantitative estimate of drug-likeness (QED) is 0.933. The molecule has 1 aromatic carbocycles. The molecule has 5 nitrogen and oxygen atoms in total. The van der Waals surface area contributed by atoms with Crippen LogP contribution in [-0.4, -0.2) is 35.4 Å². The minimum absolute atomic E-state index is 0.0508. The molecule has 0 aliphatic carbocycles. The molecule has 21 heavy (non-hydrogen) atoms. The van der Waals surface area contributed by atoms with Crippen molar-refractivity contribution in [1.82, 2.24) is 15.2 Å². The fraction of sp³-hybridized carbons (Fsp3) is 0.286. The highest BCUT2D eigenvalue weighted by atomic mass is 19.1. The van der Waals surface area contributed by atoms with Crippen LogP contribution in [0.15, 0.2) is 28.9 Å². The predicted octanol–water partition coefficient (Wildman–Crippen LogP) is 1.55. The maximum Gasteiger partial charge on any atom is 0.234 e. The second kappa shape index (κ2) is 5.61. The molecule has 0 spiro atoms. The standard InChI is InChI=1S/C14H13F2N3O2/c15-10-2-1-3-11(16)13(10)14-18-9(8-21-14)6-19-5-4-17-12(20)7-19/h1-3,8H,4-7H2,(H,17,20). The summed E-state index contributed by atoms with van der Waals surface area (Å²) in [6, 6.07) is 3.58. The first-order chi connectivity index (χ1) is 10.1. The van der Waals surface area contributed by atoms with E-state index in [0.717, 1.165) is 12.1 Å². The smallest absolute Gasteiger partial charge is 0.234 e. The molecule has 2 heterocycles. The second-order valence-corrected chi connectivity index (χ2v) is 4.80. The molecule has 1 aliphatic heterocycles. The largest absolute Gasteiger partial charge is 0.444 e. The summed E-state index contributed by atoms with van der Waals surface area (Å²) in [5.74, 6) is -1.59. The lowest BCUT2D eigenvalue weighted by Crippen LogP contribution is -2.47. The Bertz CT molecular complexity index is 652. The van der Waals surface area contributed by atoms with Crippen LogP contribution in [0.3, 0.4) is 0 Å². The summed E-state index contributed by atoms with van der Waals surface area (Å²) in [6.07, 6.45) is 1.35. The summed E-state index contributed by atoms with van der Waals surface area (Å²) in [4.78, 5) is 17.3. The maximum absolute atomic E-state index is 13.7. The minimum Gasteiger partial charge on any atom is -0.444 e. The van der Waals surface area contributed by atoms with Crippen LogP contribution in [-0.2, 0) is 11.3 Å². The van der Waals surface area contributed by atoms with Crippen molar-refractivity contribution in [2.24, 2.45) is 0 Å². The topological polar surface area (TPSA) is 58.4 Å². The van der Waals surface area contributed by atoms with E-state index >= 15 is 0 Å². The number of nitrogens with one attached hydrogen (secondary N) is 1. The molecule has 1 aromatic heterocycles. The van der Waals surface area contributed by atoms with Gasteiger partial charge in [0.15, 0.2) is 0 Å². The summed E-state index contributed by atoms with van der Waals surface area (Å²) >= 11 is 0. The highest BCUT2D eigenvalue weighted by molar-refractivity contribution is 5.78. The van der Waals surface area contributed by atoms with E-state index in [-0.39, 0.29) is 23.9 Å². The Morgan fingerprint density at radius 1 is 1.33 bits per heavy atom. The average molecular weight is 293 g/mol. The lowest BCUT2D eigenvalue weighted by Gasteiger charge is -2.25. The van der Waals surface area contributed by atoms with Crippen LogP contribution in [0.5, 0.6) is 0 Å². The Morgan fingerprint density at radius 2 is 2.10 bits per heavy atom. The lowest BCUT2D eigenvalue weighted by atomic mass is 10.2. The van der Waals surface area contributed by atoms with Crippen molar-refractivity contribution in [3.8, 4) is 11.5 Å². The van der Waals surface area contributed by atoms with Gasteiger partial charge in [0.2, 0.25) is 11.8 Å². The molecule has 0 saturated carbocycles. The molecule has 1 saturated heterocycles. The lowest BCUT2D eigenvalue weighted by molar-refractivity contribution is -0.124. The fourth-order valence-electron chi connectivity index (χ4n) is 2.25. The SMILES string of the molecule is O=C1CN(Cc2coc(-c3c(F)cccc3F)n2)CCN1. The van der Waals surface area contributed by atoms with Gasteiger partial charge in [-0.25, -0.2) is 13.8 Å². The van der Waals surface area contributed by atoms with Crippen molar-refractivity contribution < 1.29 is 18.0 Å². The van der Waals surface area contributed by atoms with Crippen LogP contribution < -0.4 is 5.32 Å². The molecular weight excluding hydrogens is 280 g/mol. The zero-order valence-corrected chi connectivity index (χ0v) is 11.1. The molecule has 0 unspecified atom stereocenters. The third-order valence-electron chi connectivity index (χ3n) is 3.23. The number of nitrogens with zero attached hydrogens (tertiary/aromatic N) is 2. The molecule has 1 N–H and O–H groups in total. The summed E-state index contributed by atoms with van der Waals surface area (Å²) in [7, 11) is 0. The number of rotatable bonds is 3. The number of hydrogen-bond donors (Lipinski definition) is 1. The highest BCUT2D eigenvalue weighted by Gasteiger charge is 2.20. The van der Waals surface area contributed by atoms with Gasteiger partial charge in [-0.05, 0) is 12.1 Å². The van der Waals surface area contributed by atoms with Gasteiger partial charge in [-0.3, -0.25) is 9.69 Å². The van der Waals surface area contributed by atoms with Gasteiger partial charge in [0, 0.05) is 19.6 Å². The van der Waals surface area contributed by atoms with Gasteiger partial charge in [-0.1, -0.05) is 6.07 Å². The molecule has 0 bridgehead atoms. The van der Waals surface area contributed by atoms with Gasteiger partial charge in [-0.2, -0.15) is 0 Å². The number of aromatic nitrogens is 1. The zero-order valence-electron chi connectivity index (χ0n) is 11.1. The van der Waals surface area contributed by atoms with E-state index in [0.29, 0.717) is 25.3 Å². The van der Waals surface area contributed by atoms with Gasteiger partial charge < -0.3 is 9.73 Å². The molecular formula is C14H13F2N3O2. The third kappa shape index (κ3) is 2.92.